The van der Waals surface area contributed by atoms with Crippen LogP contribution in [-0.4, -0.2) is 18.1 Å². The normalized spacial score (nSPS) is 20.2. The van der Waals surface area contributed by atoms with E-state index in [2.05, 4.69) is 67.1 Å². The second kappa shape index (κ2) is 6.43. The molecule has 1 N–H and O–H groups in total. The van der Waals surface area contributed by atoms with Crippen LogP contribution in [0.1, 0.15) is 12.0 Å². The van der Waals surface area contributed by atoms with Crippen molar-refractivity contribution in [1.29, 1.82) is 0 Å². The fourth-order valence-corrected chi connectivity index (χ4v) is 3.77. The van der Waals surface area contributed by atoms with Gasteiger partial charge in [0.2, 0.25) is 0 Å². The molecule has 1 aliphatic heterocycles. The Kier molecular flexibility index (Phi) is 5.20. The van der Waals surface area contributed by atoms with Gasteiger partial charge in [-0.05, 0) is 79.9 Å². The number of halogens is 2. The summed E-state index contributed by atoms with van der Waals surface area (Å²) in [5.74, 6) is 3.55. The molecule has 88 valence electrons. The summed E-state index contributed by atoms with van der Waals surface area (Å²) in [5, 5.41) is 3.54. The molecule has 1 saturated heterocycles. The molecule has 1 aromatic carbocycles. The summed E-state index contributed by atoms with van der Waals surface area (Å²) < 4.78 is 2.24. The van der Waals surface area contributed by atoms with E-state index in [1.54, 1.807) is 0 Å². The summed E-state index contributed by atoms with van der Waals surface area (Å²) in [6.07, 6.45) is 1.38. The second-order valence-electron chi connectivity index (χ2n) is 4.11. The summed E-state index contributed by atoms with van der Waals surface area (Å²) in [6, 6.07) is 6.41. The number of nitrogens with one attached hydrogen (secondary N) is 1. The molecule has 16 heavy (non-hydrogen) atoms. The lowest BCUT2D eigenvalue weighted by Gasteiger charge is -2.10. The first-order valence-corrected chi connectivity index (χ1v) is 8.22. The van der Waals surface area contributed by atoms with Crippen LogP contribution in [-0.2, 0) is 6.54 Å². The van der Waals surface area contributed by atoms with Crippen LogP contribution in [0.3, 0.4) is 0 Å². The highest BCUT2D eigenvalue weighted by molar-refractivity contribution is 9.13. The van der Waals surface area contributed by atoms with Gasteiger partial charge in [-0.2, -0.15) is 11.8 Å². The Morgan fingerprint density at radius 3 is 2.88 bits per heavy atom. The van der Waals surface area contributed by atoms with E-state index < -0.39 is 0 Å². The Morgan fingerprint density at radius 1 is 1.31 bits per heavy atom. The van der Waals surface area contributed by atoms with Gasteiger partial charge < -0.3 is 5.32 Å². The fourth-order valence-electron chi connectivity index (χ4n) is 1.81. The third kappa shape index (κ3) is 3.76. The van der Waals surface area contributed by atoms with Crippen molar-refractivity contribution in [3.8, 4) is 0 Å². The average Bonchev–Trinajstić information content (AvgIpc) is 2.76. The number of hydrogen-bond donors (Lipinski definition) is 1. The molecule has 1 aliphatic rings. The molecule has 1 nitrogen and oxygen atoms in total. The van der Waals surface area contributed by atoms with Gasteiger partial charge in [-0.3, -0.25) is 0 Å². The zero-order valence-corrected chi connectivity index (χ0v) is 13.0. The fraction of sp³-hybridized carbons (Fsp3) is 0.500. The molecule has 0 radical (unpaired) electrons. The van der Waals surface area contributed by atoms with Crippen LogP contribution in [0.4, 0.5) is 0 Å². The van der Waals surface area contributed by atoms with E-state index in [-0.39, 0.29) is 0 Å². The van der Waals surface area contributed by atoms with Gasteiger partial charge in [0.1, 0.15) is 0 Å². The molecule has 1 unspecified atom stereocenters. The molecule has 0 bridgehead atoms. The van der Waals surface area contributed by atoms with Gasteiger partial charge in [0.25, 0.3) is 0 Å². The third-order valence-electron chi connectivity index (χ3n) is 2.77. The average molecular weight is 365 g/mol. The molecule has 4 heteroatoms. The lowest BCUT2D eigenvalue weighted by Crippen LogP contribution is -2.22. The first-order chi connectivity index (χ1) is 7.75. The Morgan fingerprint density at radius 2 is 2.19 bits per heavy atom. The molecule has 1 aromatic rings. The van der Waals surface area contributed by atoms with Crippen molar-refractivity contribution in [3.63, 3.8) is 0 Å². The molecule has 2 rings (SSSR count). The lowest BCUT2D eigenvalue weighted by atomic mass is 10.1. The largest absolute Gasteiger partial charge is 0.312 e. The molecule has 1 heterocycles. The van der Waals surface area contributed by atoms with Crippen molar-refractivity contribution in [2.75, 3.05) is 18.1 Å². The Balaban J connectivity index is 1.78. The van der Waals surface area contributed by atoms with E-state index in [1.165, 1.54) is 23.5 Å². The summed E-state index contributed by atoms with van der Waals surface area (Å²) >= 11 is 9.09. The molecule has 0 aliphatic carbocycles. The van der Waals surface area contributed by atoms with Gasteiger partial charge in [-0.1, -0.05) is 6.07 Å². The molecule has 0 amide bonds. The maximum absolute atomic E-state index is 3.54. The highest BCUT2D eigenvalue weighted by Gasteiger charge is 2.14. The van der Waals surface area contributed by atoms with Crippen LogP contribution >= 0.6 is 43.6 Å². The first kappa shape index (κ1) is 12.9. The third-order valence-corrected chi connectivity index (χ3v) is 5.88. The Labute approximate surface area is 118 Å². The Bertz CT molecular complexity index is 351. The minimum Gasteiger partial charge on any atom is -0.312 e. The van der Waals surface area contributed by atoms with Crippen molar-refractivity contribution in [3.05, 3.63) is 32.7 Å². The maximum atomic E-state index is 3.54. The predicted octanol–water partition coefficient (Wildman–Crippen LogP) is 4.05. The van der Waals surface area contributed by atoms with E-state index in [0.717, 1.165) is 28.0 Å². The minimum atomic E-state index is 0.879. The number of rotatable bonds is 4. The summed E-state index contributed by atoms with van der Waals surface area (Å²) in [5.41, 5.74) is 1.33. The highest BCUT2D eigenvalue weighted by Crippen LogP contribution is 2.24. The second-order valence-corrected chi connectivity index (χ2v) is 6.97. The monoisotopic (exact) mass is 363 g/mol. The number of benzene rings is 1. The van der Waals surface area contributed by atoms with Crippen molar-refractivity contribution in [2.24, 2.45) is 5.92 Å². The van der Waals surface area contributed by atoms with Gasteiger partial charge >= 0.3 is 0 Å². The van der Waals surface area contributed by atoms with Crippen LogP contribution in [0, 0.1) is 5.92 Å². The van der Waals surface area contributed by atoms with Gasteiger partial charge in [0, 0.05) is 15.5 Å². The predicted molar refractivity (Wildman–Crippen MR) is 79.0 cm³/mol. The zero-order valence-electron chi connectivity index (χ0n) is 9.01. The van der Waals surface area contributed by atoms with E-state index in [0.29, 0.717) is 0 Å². The summed E-state index contributed by atoms with van der Waals surface area (Å²) in [4.78, 5) is 0. The van der Waals surface area contributed by atoms with Crippen LogP contribution in [0.5, 0.6) is 0 Å². The molecular weight excluding hydrogens is 350 g/mol. The first-order valence-electron chi connectivity index (χ1n) is 5.48. The molecule has 1 atom stereocenters. The molecule has 0 spiro atoms. The number of hydrogen-bond acceptors (Lipinski definition) is 2. The van der Waals surface area contributed by atoms with Gasteiger partial charge in [0.05, 0.1) is 0 Å². The lowest BCUT2D eigenvalue weighted by molar-refractivity contribution is 0.523. The van der Waals surface area contributed by atoms with Crippen molar-refractivity contribution in [1.82, 2.24) is 5.32 Å². The Hall–Kier alpha value is 0.490. The smallest absolute Gasteiger partial charge is 0.0320 e. The van der Waals surface area contributed by atoms with Crippen molar-refractivity contribution < 1.29 is 0 Å². The minimum absolute atomic E-state index is 0.879. The molecule has 0 aromatic heterocycles. The van der Waals surface area contributed by atoms with E-state index in [9.17, 15) is 0 Å². The van der Waals surface area contributed by atoms with Crippen LogP contribution in [0.2, 0.25) is 0 Å². The number of thioether (sulfide) groups is 1. The van der Waals surface area contributed by atoms with Gasteiger partial charge in [-0.25, -0.2) is 0 Å². The van der Waals surface area contributed by atoms with E-state index in [1.807, 2.05) is 0 Å². The van der Waals surface area contributed by atoms with E-state index >= 15 is 0 Å². The molecule has 1 fully saturated rings. The van der Waals surface area contributed by atoms with Crippen LogP contribution in [0.15, 0.2) is 27.1 Å². The zero-order chi connectivity index (χ0) is 11.4. The summed E-state index contributed by atoms with van der Waals surface area (Å²) in [6.45, 7) is 2.12. The van der Waals surface area contributed by atoms with Crippen LogP contribution < -0.4 is 5.32 Å². The molecule has 0 saturated carbocycles. The quantitative estimate of drug-likeness (QED) is 0.864. The SMILES string of the molecule is Brc1ccc(CNCC2CCSC2)cc1Br. The topological polar surface area (TPSA) is 12.0 Å². The molecular formula is C12H15Br2NS. The standard InChI is InChI=1S/C12H15Br2NS/c13-11-2-1-9(5-12(11)14)6-15-7-10-3-4-16-8-10/h1-2,5,10,15H,3-4,6-8H2. The van der Waals surface area contributed by atoms with Crippen LogP contribution in [0.25, 0.3) is 0 Å². The van der Waals surface area contributed by atoms with Crippen molar-refractivity contribution in [2.45, 2.75) is 13.0 Å². The summed E-state index contributed by atoms with van der Waals surface area (Å²) in [7, 11) is 0. The van der Waals surface area contributed by atoms with Gasteiger partial charge in [-0.15, -0.1) is 0 Å². The van der Waals surface area contributed by atoms with Crippen molar-refractivity contribution >= 4 is 43.6 Å². The van der Waals surface area contributed by atoms with E-state index in [4.69, 9.17) is 0 Å². The highest BCUT2D eigenvalue weighted by atomic mass is 79.9. The van der Waals surface area contributed by atoms with Gasteiger partial charge in [0.15, 0.2) is 0 Å². The maximum Gasteiger partial charge on any atom is 0.0320 e.